The number of aryl methyl sites for hydroxylation is 2. The van der Waals surface area contributed by atoms with E-state index in [1.165, 1.54) is 11.3 Å². The lowest BCUT2D eigenvalue weighted by Gasteiger charge is -2.16. The zero-order valence-electron chi connectivity index (χ0n) is 12.4. The predicted octanol–water partition coefficient (Wildman–Crippen LogP) is 2.57. The van der Waals surface area contributed by atoms with Crippen LogP contribution in [0, 0.1) is 13.8 Å². The molecule has 0 bridgehead atoms. The Bertz CT molecular complexity index is 574. The van der Waals surface area contributed by atoms with Crippen molar-refractivity contribution in [3.05, 3.63) is 45.4 Å². The van der Waals surface area contributed by atoms with Gasteiger partial charge in [-0.05, 0) is 60.9 Å². The first-order chi connectivity index (χ1) is 9.51. The van der Waals surface area contributed by atoms with E-state index < -0.39 is 0 Å². The van der Waals surface area contributed by atoms with Crippen LogP contribution in [0.4, 0.5) is 0 Å². The molecule has 108 valence electrons. The number of hydrogen-bond donors (Lipinski definition) is 1. The fraction of sp³-hybridized carbons (Fsp3) is 0.467. The zero-order chi connectivity index (χ0) is 14.7. The molecule has 0 saturated carbocycles. The van der Waals surface area contributed by atoms with Crippen molar-refractivity contribution in [3.8, 4) is 0 Å². The van der Waals surface area contributed by atoms with Gasteiger partial charge in [0, 0.05) is 41.6 Å². The molecule has 1 atom stereocenters. The summed E-state index contributed by atoms with van der Waals surface area (Å²) in [6.45, 7) is 4.20. The van der Waals surface area contributed by atoms with Gasteiger partial charge in [0.25, 0.3) is 0 Å². The van der Waals surface area contributed by atoms with E-state index >= 15 is 0 Å². The average Bonchev–Trinajstić information content (AvgIpc) is 2.66. The van der Waals surface area contributed by atoms with Gasteiger partial charge in [-0.25, -0.2) is 0 Å². The van der Waals surface area contributed by atoms with Crippen LogP contribution >= 0.6 is 15.9 Å². The first-order valence-corrected chi connectivity index (χ1v) is 7.57. The topological polar surface area (TPSA) is 42.7 Å². The molecule has 0 radical (unpaired) electrons. The number of hydrogen-bond acceptors (Lipinski definition) is 3. The minimum absolute atomic E-state index is 0.366. The summed E-state index contributed by atoms with van der Waals surface area (Å²) < 4.78 is 2.97. The van der Waals surface area contributed by atoms with Gasteiger partial charge in [-0.1, -0.05) is 0 Å². The molecule has 0 aliphatic rings. The van der Waals surface area contributed by atoms with Crippen LogP contribution in [-0.4, -0.2) is 27.9 Å². The largest absolute Gasteiger partial charge is 0.316 e. The van der Waals surface area contributed by atoms with Crippen molar-refractivity contribution >= 4 is 15.9 Å². The van der Waals surface area contributed by atoms with Crippen LogP contribution in [0.3, 0.4) is 0 Å². The highest BCUT2D eigenvalue weighted by Gasteiger charge is 2.15. The maximum absolute atomic E-state index is 4.48. The van der Waals surface area contributed by atoms with E-state index in [0.717, 1.165) is 28.7 Å². The summed E-state index contributed by atoms with van der Waals surface area (Å²) in [7, 11) is 4.00. The maximum Gasteiger partial charge on any atom is 0.0628 e. The van der Waals surface area contributed by atoms with Crippen molar-refractivity contribution in [2.45, 2.75) is 32.7 Å². The van der Waals surface area contributed by atoms with E-state index in [-0.39, 0.29) is 0 Å². The van der Waals surface area contributed by atoms with E-state index in [2.05, 4.69) is 51.2 Å². The van der Waals surface area contributed by atoms with Crippen molar-refractivity contribution in [3.63, 3.8) is 0 Å². The highest BCUT2D eigenvalue weighted by atomic mass is 79.9. The lowest BCUT2D eigenvalue weighted by Crippen LogP contribution is -2.30. The standard InChI is InChI=1S/C15H21BrN4/c1-10-15(11(2)20(4)19-10)8-14(17-3)7-13-6-5-12(16)9-18-13/h5-6,9,14,17H,7-8H2,1-4H3. The molecule has 0 aliphatic carbocycles. The summed E-state index contributed by atoms with van der Waals surface area (Å²) in [4.78, 5) is 4.45. The molecular formula is C15H21BrN4. The molecule has 2 aromatic heterocycles. The third kappa shape index (κ3) is 3.46. The van der Waals surface area contributed by atoms with Crippen LogP contribution in [0.15, 0.2) is 22.8 Å². The Morgan fingerprint density at radius 1 is 1.30 bits per heavy atom. The second-order valence-corrected chi connectivity index (χ2v) is 6.05. The molecule has 5 heteroatoms. The SMILES string of the molecule is CNC(Cc1ccc(Br)cn1)Cc1c(C)nn(C)c1C. The number of aromatic nitrogens is 3. The molecule has 0 spiro atoms. The smallest absolute Gasteiger partial charge is 0.0628 e. The van der Waals surface area contributed by atoms with Crippen LogP contribution in [0.25, 0.3) is 0 Å². The van der Waals surface area contributed by atoms with Gasteiger partial charge in [-0.15, -0.1) is 0 Å². The van der Waals surface area contributed by atoms with Gasteiger partial charge in [-0.2, -0.15) is 5.10 Å². The molecule has 0 aromatic carbocycles. The lowest BCUT2D eigenvalue weighted by atomic mass is 10.0. The normalized spacial score (nSPS) is 12.7. The van der Waals surface area contributed by atoms with E-state index in [1.807, 2.05) is 31.0 Å². The van der Waals surface area contributed by atoms with Crippen molar-refractivity contribution in [2.24, 2.45) is 7.05 Å². The average molecular weight is 337 g/mol. The first kappa shape index (κ1) is 15.2. The van der Waals surface area contributed by atoms with E-state index in [4.69, 9.17) is 0 Å². The molecule has 2 rings (SSSR count). The minimum atomic E-state index is 0.366. The molecular weight excluding hydrogens is 316 g/mol. The quantitative estimate of drug-likeness (QED) is 0.912. The Kier molecular flexibility index (Phi) is 4.94. The van der Waals surface area contributed by atoms with E-state index in [0.29, 0.717) is 6.04 Å². The molecule has 0 fully saturated rings. The van der Waals surface area contributed by atoms with Gasteiger partial charge < -0.3 is 5.32 Å². The number of halogens is 1. The van der Waals surface area contributed by atoms with Crippen molar-refractivity contribution in [2.75, 3.05) is 7.05 Å². The summed E-state index contributed by atoms with van der Waals surface area (Å²) in [6.07, 6.45) is 3.74. The van der Waals surface area contributed by atoms with Crippen molar-refractivity contribution in [1.29, 1.82) is 0 Å². The van der Waals surface area contributed by atoms with Crippen LogP contribution < -0.4 is 5.32 Å². The molecule has 0 amide bonds. The summed E-state index contributed by atoms with van der Waals surface area (Å²) in [5.41, 5.74) is 4.80. The number of nitrogens with one attached hydrogen (secondary N) is 1. The van der Waals surface area contributed by atoms with Gasteiger partial charge in [0.1, 0.15) is 0 Å². The Hall–Kier alpha value is -1.20. The number of likely N-dealkylation sites (N-methyl/N-ethyl adjacent to an activating group) is 1. The second kappa shape index (κ2) is 6.50. The van der Waals surface area contributed by atoms with Gasteiger partial charge in [0.05, 0.1) is 5.69 Å². The third-order valence-corrected chi connectivity index (χ3v) is 4.23. The van der Waals surface area contributed by atoms with Crippen LogP contribution in [0.5, 0.6) is 0 Å². The lowest BCUT2D eigenvalue weighted by molar-refractivity contribution is 0.547. The fourth-order valence-corrected chi connectivity index (χ4v) is 2.65. The molecule has 2 aromatic rings. The van der Waals surface area contributed by atoms with Gasteiger partial charge >= 0.3 is 0 Å². The minimum Gasteiger partial charge on any atom is -0.316 e. The Labute approximate surface area is 128 Å². The summed E-state index contributed by atoms with van der Waals surface area (Å²) in [5.74, 6) is 0. The Morgan fingerprint density at radius 3 is 2.55 bits per heavy atom. The van der Waals surface area contributed by atoms with Gasteiger partial charge in [-0.3, -0.25) is 9.67 Å². The molecule has 0 saturated heterocycles. The van der Waals surface area contributed by atoms with E-state index in [9.17, 15) is 0 Å². The Morgan fingerprint density at radius 2 is 2.05 bits per heavy atom. The Balaban J connectivity index is 2.11. The summed E-state index contributed by atoms with van der Waals surface area (Å²) in [5, 5.41) is 7.87. The molecule has 20 heavy (non-hydrogen) atoms. The van der Waals surface area contributed by atoms with Crippen LogP contribution in [0.2, 0.25) is 0 Å². The van der Waals surface area contributed by atoms with Crippen LogP contribution in [-0.2, 0) is 19.9 Å². The summed E-state index contributed by atoms with van der Waals surface area (Å²) in [6, 6.07) is 4.47. The van der Waals surface area contributed by atoms with Gasteiger partial charge in [0.15, 0.2) is 0 Å². The maximum atomic E-state index is 4.48. The molecule has 1 N–H and O–H groups in total. The predicted molar refractivity (Wildman–Crippen MR) is 84.9 cm³/mol. The molecule has 2 heterocycles. The number of pyridine rings is 1. The molecule has 1 unspecified atom stereocenters. The monoisotopic (exact) mass is 336 g/mol. The highest BCUT2D eigenvalue weighted by molar-refractivity contribution is 9.10. The zero-order valence-corrected chi connectivity index (χ0v) is 14.0. The number of nitrogens with zero attached hydrogens (tertiary/aromatic N) is 3. The van der Waals surface area contributed by atoms with Crippen molar-refractivity contribution < 1.29 is 0 Å². The molecule has 4 nitrogen and oxygen atoms in total. The fourth-order valence-electron chi connectivity index (χ4n) is 2.42. The highest BCUT2D eigenvalue weighted by Crippen LogP contribution is 2.16. The third-order valence-electron chi connectivity index (χ3n) is 3.76. The van der Waals surface area contributed by atoms with Crippen LogP contribution in [0.1, 0.15) is 22.6 Å². The van der Waals surface area contributed by atoms with Crippen molar-refractivity contribution in [1.82, 2.24) is 20.1 Å². The van der Waals surface area contributed by atoms with Gasteiger partial charge in [0.2, 0.25) is 0 Å². The van der Waals surface area contributed by atoms with E-state index in [1.54, 1.807) is 0 Å². The second-order valence-electron chi connectivity index (χ2n) is 5.13. The number of rotatable bonds is 5. The molecule has 0 aliphatic heterocycles. The first-order valence-electron chi connectivity index (χ1n) is 6.78. The summed E-state index contributed by atoms with van der Waals surface area (Å²) >= 11 is 3.42.